The summed E-state index contributed by atoms with van der Waals surface area (Å²) in [5.41, 5.74) is 8.02. The van der Waals surface area contributed by atoms with Gasteiger partial charge in [0.05, 0.1) is 12.6 Å². The van der Waals surface area contributed by atoms with E-state index < -0.39 is 0 Å². The molecule has 0 aliphatic heterocycles. The molecule has 2 nitrogen and oxygen atoms in total. The van der Waals surface area contributed by atoms with Crippen LogP contribution in [0.2, 0.25) is 0 Å². The van der Waals surface area contributed by atoms with Crippen molar-refractivity contribution in [1.82, 2.24) is 4.57 Å². The predicted octanol–water partition coefficient (Wildman–Crippen LogP) is 5.80. The lowest BCUT2D eigenvalue weighted by Gasteiger charge is -2.22. The van der Waals surface area contributed by atoms with Crippen molar-refractivity contribution in [2.45, 2.75) is 66.3 Å². The van der Waals surface area contributed by atoms with Gasteiger partial charge in [-0.05, 0) is 74.9 Å². The zero-order valence-corrected chi connectivity index (χ0v) is 17.9. The van der Waals surface area contributed by atoms with Crippen molar-refractivity contribution >= 4 is 11.0 Å². The van der Waals surface area contributed by atoms with Gasteiger partial charge in [-0.25, -0.2) is 9.13 Å². The average molecular weight is 350 g/mol. The van der Waals surface area contributed by atoms with E-state index >= 15 is 0 Å². The van der Waals surface area contributed by atoms with E-state index in [9.17, 15) is 0 Å². The minimum atomic E-state index is -0.00568. The van der Waals surface area contributed by atoms with E-state index in [1.165, 1.54) is 39.1 Å². The van der Waals surface area contributed by atoms with Crippen LogP contribution >= 0.6 is 0 Å². The van der Waals surface area contributed by atoms with Crippen LogP contribution in [0.15, 0.2) is 36.4 Å². The molecule has 0 aliphatic rings. The van der Waals surface area contributed by atoms with Crippen LogP contribution in [0.3, 0.4) is 0 Å². The van der Waals surface area contributed by atoms with Crippen molar-refractivity contribution in [2.75, 3.05) is 0 Å². The van der Waals surface area contributed by atoms with E-state index in [1.54, 1.807) is 0 Å². The molecule has 1 heterocycles. The molecule has 0 saturated carbocycles. The second kappa shape index (κ2) is 5.97. The van der Waals surface area contributed by atoms with Crippen LogP contribution in [0, 0.1) is 13.8 Å². The fourth-order valence-corrected chi connectivity index (χ4v) is 3.78. The number of benzene rings is 2. The van der Waals surface area contributed by atoms with Crippen molar-refractivity contribution in [2.24, 2.45) is 7.05 Å². The zero-order valence-electron chi connectivity index (χ0n) is 17.9. The van der Waals surface area contributed by atoms with Crippen LogP contribution in [-0.4, -0.2) is 4.57 Å². The van der Waals surface area contributed by atoms with Crippen molar-refractivity contribution in [3.63, 3.8) is 0 Å². The second-order valence-electron chi connectivity index (χ2n) is 9.66. The predicted molar refractivity (Wildman–Crippen MR) is 112 cm³/mol. The first-order valence-corrected chi connectivity index (χ1v) is 9.54. The third-order valence-electron chi connectivity index (χ3n) is 5.28. The molecule has 0 unspecified atom stereocenters. The van der Waals surface area contributed by atoms with Crippen LogP contribution in [0.4, 0.5) is 0 Å². The molecule has 0 amide bonds. The van der Waals surface area contributed by atoms with Crippen LogP contribution in [-0.2, 0) is 18.0 Å². The molecule has 0 saturated heterocycles. The first kappa shape index (κ1) is 18.7. The summed E-state index contributed by atoms with van der Waals surface area (Å²) in [7, 11) is 2.20. The summed E-state index contributed by atoms with van der Waals surface area (Å²) < 4.78 is 4.86. The molecule has 0 bridgehead atoms. The molecule has 3 rings (SSSR count). The molecule has 3 aromatic rings. The normalized spacial score (nSPS) is 12.8. The summed E-state index contributed by atoms with van der Waals surface area (Å²) in [5, 5.41) is 0. The van der Waals surface area contributed by atoms with Gasteiger partial charge in [-0.15, -0.1) is 0 Å². The van der Waals surface area contributed by atoms with Gasteiger partial charge in [-0.2, -0.15) is 0 Å². The Morgan fingerprint density at radius 1 is 0.846 bits per heavy atom. The van der Waals surface area contributed by atoms with Crippen molar-refractivity contribution in [3.8, 4) is 11.4 Å². The highest BCUT2D eigenvalue weighted by atomic mass is 15.2. The molecule has 26 heavy (non-hydrogen) atoms. The lowest BCUT2D eigenvalue weighted by atomic mass is 9.85. The Balaban J connectivity index is 2.44. The van der Waals surface area contributed by atoms with E-state index in [1.807, 2.05) is 0 Å². The Morgan fingerprint density at radius 2 is 1.50 bits per heavy atom. The van der Waals surface area contributed by atoms with Gasteiger partial charge < -0.3 is 0 Å². The molecule has 0 spiro atoms. The molecule has 0 atom stereocenters. The maximum Gasteiger partial charge on any atom is 0.290 e. The van der Waals surface area contributed by atoms with Crippen molar-refractivity contribution in [1.29, 1.82) is 0 Å². The minimum Gasteiger partial charge on any atom is -0.226 e. The third-order valence-corrected chi connectivity index (χ3v) is 5.28. The van der Waals surface area contributed by atoms with E-state index in [4.69, 9.17) is 0 Å². The number of hydrogen-bond donors (Lipinski definition) is 0. The molecule has 2 heteroatoms. The van der Waals surface area contributed by atoms with Gasteiger partial charge in [0.15, 0.2) is 11.0 Å². The standard InChI is InChI=1S/C24H33N2/c1-16-10-13-20-21(14-16)25(9)22(26(20)24(6,7)8)19-15-18(23(3,4)5)12-11-17(19)2/h10-15H,1-9H3/q+1. The van der Waals surface area contributed by atoms with Gasteiger partial charge in [-0.3, -0.25) is 0 Å². The van der Waals surface area contributed by atoms with Crippen LogP contribution in [0.1, 0.15) is 58.2 Å². The Bertz CT molecular complexity index is 976. The Kier molecular flexibility index (Phi) is 4.29. The topological polar surface area (TPSA) is 8.81 Å². The summed E-state index contributed by atoms with van der Waals surface area (Å²) in [6, 6.07) is 13.7. The monoisotopic (exact) mass is 349 g/mol. The third kappa shape index (κ3) is 3.06. The first-order chi connectivity index (χ1) is 11.9. The molecule has 0 N–H and O–H groups in total. The van der Waals surface area contributed by atoms with Crippen LogP contribution in [0.25, 0.3) is 22.4 Å². The van der Waals surface area contributed by atoms with Crippen LogP contribution in [0.5, 0.6) is 0 Å². The SMILES string of the molecule is Cc1ccc2c(c1)n(C)c(-c1cc(C(C)(C)C)ccc1C)[n+]2C(C)(C)C. The van der Waals surface area contributed by atoms with Gasteiger partial charge in [0, 0.05) is 0 Å². The summed E-state index contributed by atoms with van der Waals surface area (Å²) >= 11 is 0. The number of aromatic nitrogens is 2. The highest BCUT2D eigenvalue weighted by Gasteiger charge is 2.33. The van der Waals surface area contributed by atoms with Crippen LogP contribution < -0.4 is 4.57 Å². The fourth-order valence-electron chi connectivity index (χ4n) is 3.78. The first-order valence-electron chi connectivity index (χ1n) is 9.54. The summed E-state index contributed by atoms with van der Waals surface area (Å²) in [6.07, 6.45) is 0. The Morgan fingerprint density at radius 3 is 2.08 bits per heavy atom. The summed E-state index contributed by atoms with van der Waals surface area (Å²) in [4.78, 5) is 0. The van der Waals surface area contributed by atoms with E-state index in [-0.39, 0.29) is 11.0 Å². The van der Waals surface area contributed by atoms with E-state index in [2.05, 4.69) is 108 Å². The van der Waals surface area contributed by atoms with Crippen molar-refractivity contribution in [3.05, 3.63) is 53.1 Å². The second-order valence-corrected chi connectivity index (χ2v) is 9.66. The van der Waals surface area contributed by atoms with Gasteiger partial charge in [0.1, 0.15) is 5.54 Å². The molecule has 138 valence electrons. The zero-order chi connectivity index (χ0) is 19.4. The minimum absolute atomic E-state index is 0.00568. The molecular weight excluding hydrogens is 316 g/mol. The maximum atomic E-state index is 2.50. The number of imidazole rings is 1. The van der Waals surface area contributed by atoms with Gasteiger partial charge >= 0.3 is 0 Å². The summed E-state index contributed by atoms with van der Waals surface area (Å²) in [6.45, 7) is 18.1. The number of rotatable bonds is 1. The Hall–Kier alpha value is -2.09. The lowest BCUT2D eigenvalue weighted by Crippen LogP contribution is -2.51. The largest absolute Gasteiger partial charge is 0.290 e. The molecule has 0 fully saturated rings. The van der Waals surface area contributed by atoms with Gasteiger partial charge in [-0.1, -0.05) is 39.0 Å². The maximum absolute atomic E-state index is 2.50. The smallest absolute Gasteiger partial charge is 0.226 e. The lowest BCUT2D eigenvalue weighted by molar-refractivity contribution is -0.721. The van der Waals surface area contributed by atoms with E-state index in [0.29, 0.717) is 0 Å². The number of aryl methyl sites for hydroxylation is 3. The quantitative estimate of drug-likeness (QED) is 0.491. The number of fused-ring (bicyclic) bond motifs is 1. The number of nitrogens with zero attached hydrogens (tertiary/aromatic N) is 2. The van der Waals surface area contributed by atoms with Gasteiger partial charge in [0.2, 0.25) is 0 Å². The number of hydrogen-bond acceptors (Lipinski definition) is 0. The highest BCUT2D eigenvalue weighted by Crippen LogP contribution is 2.32. The van der Waals surface area contributed by atoms with Gasteiger partial charge in [0.25, 0.3) is 5.82 Å². The fraction of sp³-hybridized carbons (Fsp3) is 0.458. The average Bonchev–Trinajstić information content (AvgIpc) is 2.79. The molecule has 0 radical (unpaired) electrons. The Labute approximate surface area is 158 Å². The highest BCUT2D eigenvalue weighted by molar-refractivity contribution is 5.77. The van der Waals surface area contributed by atoms with E-state index in [0.717, 1.165) is 0 Å². The molecule has 1 aromatic heterocycles. The van der Waals surface area contributed by atoms with Crippen molar-refractivity contribution < 1.29 is 4.57 Å². The molecular formula is C24H33N2+. The molecule has 0 aliphatic carbocycles. The molecule has 2 aromatic carbocycles. The summed E-state index contributed by atoms with van der Waals surface area (Å²) in [5.74, 6) is 1.28.